The molecule has 12 aromatic rings. The largest absolute Gasteiger partial charge is 0.228 e. The van der Waals surface area contributed by atoms with Gasteiger partial charge in [0.2, 0.25) is 0 Å². The molecule has 0 aliphatic heterocycles. The molecule has 300 valence electrons. The van der Waals surface area contributed by atoms with Crippen molar-refractivity contribution in [3.63, 3.8) is 0 Å². The van der Waals surface area contributed by atoms with E-state index in [9.17, 15) is 0 Å². The van der Waals surface area contributed by atoms with Gasteiger partial charge in [0.25, 0.3) is 0 Å². The van der Waals surface area contributed by atoms with Crippen molar-refractivity contribution in [1.29, 1.82) is 0 Å². The predicted octanol–water partition coefficient (Wildman–Crippen LogP) is 16.9. The van der Waals surface area contributed by atoms with Gasteiger partial charge in [0.15, 0.2) is 5.82 Å². The Morgan fingerprint density at radius 1 is 0.359 bits per heavy atom. The fourth-order valence-corrected chi connectivity index (χ4v) is 11.8. The van der Waals surface area contributed by atoms with Crippen LogP contribution in [0.15, 0.2) is 206 Å². The number of fused-ring (bicyclic) bond motifs is 10. The fraction of sp³-hybridized carbons (Fsp3) is 0.0492. The SMILES string of the molecule is CC1(C)c2ccc(-c3ccc(-c4ccc(-c5cc(-c6cccc7sc8ccccc8c67)nc(-c6ccccc6)n5)c5ccccc45)c4ccccc34)cc2-c2c1ccc1ccccc21. The maximum atomic E-state index is 5.33. The molecule has 1 aliphatic rings. The van der Waals surface area contributed by atoms with Crippen molar-refractivity contribution in [1.82, 2.24) is 9.97 Å². The molecule has 2 nitrogen and oxygen atoms in total. The van der Waals surface area contributed by atoms with Crippen LogP contribution in [0.5, 0.6) is 0 Å². The molecule has 10 aromatic carbocycles. The highest BCUT2D eigenvalue weighted by Crippen LogP contribution is 2.53. The molecule has 1 aliphatic carbocycles. The van der Waals surface area contributed by atoms with Crippen molar-refractivity contribution < 1.29 is 0 Å². The van der Waals surface area contributed by atoms with Gasteiger partial charge in [-0.05, 0) is 101 Å². The lowest BCUT2D eigenvalue weighted by Gasteiger charge is -2.22. The van der Waals surface area contributed by atoms with E-state index in [1.165, 1.54) is 91.6 Å². The van der Waals surface area contributed by atoms with Gasteiger partial charge in [0, 0.05) is 42.3 Å². The van der Waals surface area contributed by atoms with Gasteiger partial charge in [-0.15, -0.1) is 11.3 Å². The fourth-order valence-electron chi connectivity index (χ4n) is 10.7. The lowest BCUT2D eigenvalue weighted by atomic mass is 9.81. The Hall–Kier alpha value is -7.72. The van der Waals surface area contributed by atoms with Gasteiger partial charge in [0.05, 0.1) is 11.4 Å². The summed E-state index contributed by atoms with van der Waals surface area (Å²) in [6.45, 7) is 4.73. The average Bonchev–Trinajstić information content (AvgIpc) is 3.85. The van der Waals surface area contributed by atoms with E-state index < -0.39 is 0 Å². The Labute approximate surface area is 375 Å². The minimum Gasteiger partial charge on any atom is -0.228 e. The Bertz CT molecular complexity index is 3880. The molecule has 0 atom stereocenters. The van der Waals surface area contributed by atoms with Crippen LogP contribution in [0.2, 0.25) is 0 Å². The van der Waals surface area contributed by atoms with E-state index in [0.29, 0.717) is 5.82 Å². The van der Waals surface area contributed by atoms with Gasteiger partial charge in [-0.25, -0.2) is 9.97 Å². The van der Waals surface area contributed by atoms with E-state index in [1.54, 1.807) is 0 Å². The zero-order valence-corrected chi connectivity index (χ0v) is 36.2. The van der Waals surface area contributed by atoms with Gasteiger partial charge in [0.1, 0.15) is 0 Å². The second kappa shape index (κ2) is 14.2. The molecule has 0 saturated carbocycles. The quantitative estimate of drug-likeness (QED) is 0.173. The van der Waals surface area contributed by atoms with Gasteiger partial charge in [-0.1, -0.05) is 196 Å². The van der Waals surface area contributed by atoms with Crippen LogP contribution in [0.4, 0.5) is 0 Å². The highest BCUT2D eigenvalue weighted by Gasteiger charge is 2.36. The van der Waals surface area contributed by atoms with Crippen LogP contribution >= 0.6 is 11.3 Å². The molecule has 13 rings (SSSR count). The van der Waals surface area contributed by atoms with Crippen molar-refractivity contribution in [3.05, 3.63) is 217 Å². The van der Waals surface area contributed by atoms with E-state index in [0.717, 1.165) is 33.5 Å². The Morgan fingerprint density at radius 2 is 0.922 bits per heavy atom. The van der Waals surface area contributed by atoms with Crippen LogP contribution in [-0.4, -0.2) is 9.97 Å². The second-order valence-electron chi connectivity index (χ2n) is 17.6. The van der Waals surface area contributed by atoms with Crippen LogP contribution < -0.4 is 0 Å². The summed E-state index contributed by atoms with van der Waals surface area (Å²) in [6, 6.07) is 75.4. The summed E-state index contributed by atoms with van der Waals surface area (Å²) in [6.07, 6.45) is 0. The third-order valence-corrected chi connectivity index (χ3v) is 14.9. The van der Waals surface area contributed by atoms with Crippen molar-refractivity contribution in [2.45, 2.75) is 19.3 Å². The molecule has 0 radical (unpaired) electrons. The smallest absolute Gasteiger partial charge is 0.160 e. The van der Waals surface area contributed by atoms with Gasteiger partial charge in [-0.3, -0.25) is 0 Å². The molecule has 2 aromatic heterocycles. The number of thiophene rings is 1. The predicted molar refractivity (Wildman–Crippen MR) is 272 cm³/mol. The van der Waals surface area contributed by atoms with Gasteiger partial charge < -0.3 is 0 Å². The summed E-state index contributed by atoms with van der Waals surface area (Å²) in [5.41, 5.74) is 15.3. The first-order valence-electron chi connectivity index (χ1n) is 22.1. The zero-order valence-electron chi connectivity index (χ0n) is 35.4. The standard InChI is InChI=1S/C61H40N2S/c1-61(2)52-33-28-39(35-51(52)58-41-18-7-6-15-37(41)27-34-53(58)61)40-29-30-46(43-20-9-8-19-42(40)43)47-31-32-48(45-22-11-10-21-44(45)47)54-36-55(63-60(62-54)38-16-4-3-5-17-38)49-24-14-26-57-59(49)50-23-12-13-25-56(50)64-57/h3-36H,1-2H3. The number of rotatable bonds is 5. The van der Waals surface area contributed by atoms with Crippen LogP contribution in [0, 0.1) is 0 Å². The van der Waals surface area contributed by atoms with E-state index in [2.05, 4.69) is 214 Å². The first kappa shape index (κ1) is 36.9. The molecule has 3 heteroatoms. The molecule has 0 bridgehead atoms. The Kier molecular flexibility index (Phi) is 8.16. The summed E-state index contributed by atoms with van der Waals surface area (Å²) in [4.78, 5) is 10.6. The Morgan fingerprint density at radius 3 is 1.67 bits per heavy atom. The van der Waals surface area contributed by atoms with Crippen LogP contribution in [0.25, 0.3) is 120 Å². The topological polar surface area (TPSA) is 25.8 Å². The molecule has 0 unspecified atom stereocenters. The van der Waals surface area contributed by atoms with Crippen molar-refractivity contribution in [2.24, 2.45) is 0 Å². The minimum atomic E-state index is -0.0736. The van der Waals surface area contributed by atoms with E-state index in [1.807, 2.05) is 17.4 Å². The van der Waals surface area contributed by atoms with Crippen molar-refractivity contribution in [3.8, 4) is 67.3 Å². The summed E-state index contributed by atoms with van der Waals surface area (Å²) in [5.74, 6) is 0.714. The highest BCUT2D eigenvalue weighted by atomic mass is 32.1. The van der Waals surface area contributed by atoms with Crippen molar-refractivity contribution in [2.75, 3.05) is 0 Å². The third kappa shape index (κ3) is 5.57. The van der Waals surface area contributed by atoms with Crippen LogP contribution in [-0.2, 0) is 5.41 Å². The number of hydrogen-bond donors (Lipinski definition) is 0. The van der Waals surface area contributed by atoms with Gasteiger partial charge >= 0.3 is 0 Å². The maximum absolute atomic E-state index is 5.33. The average molecular weight is 833 g/mol. The monoisotopic (exact) mass is 832 g/mol. The number of hydrogen-bond acceptors (Lipinski definition) is 3. The van der Waals surface area contributed by atoms with Crippen LogP contribution in [0.1, 0.15) is 25.0 Å². The van der Waals surface area contributed by atoms with Gasteiger partial charge in [-0.2, -0.15) is 0 Å². The molecular formula is C61H40N2S. The first-order chi connectivity index (χ1) is 31.5. The van der Waals surface area contributed by atoms with Crippen LogP contribution in [0.3, 0.4) is 0 Å². The highest BCUT2D eigenvalue weighted by molar-refractivity contribution is 7.25. The summed E-state index contributed by atoms with van der Waals surface area (Å²) >= 11 is 1.83. The summed E-state index contributed by atoms with van der Waals surface area (Å²) in [7, 11) is 0. The number of nitrogens with zero attached hydrogens (tertiary/aromatic N) is 2. The number of benzene rings is 10. The maximum Gasteiger partial charge on any atom is 0.160 e. The zero-order chi connectivity index (χ0) is 42.5. The lowest BCUT2D eigenvalue weighted by Crippen LogP contribution is -2.14. The van der Waals surface area contributed by atoms with E-state index in [-0.39, 0.29) is 5.41 Å². The normalized spacial score (nSPS) is 13.0. The van der Waals surface area contributed by atoms with E-state index in [4.69, 9.17) is 9.97 Å². The lowest BCUT2D eigenvalue weighted by molar-refractivity contribution is 0.661. The second-order valence-corrected chi connectivity index (χ2v) is 18.7. The molecule has 0 fully saturated rings. The number of aromatic nitrogens is 2. The molecule has 0 amide bonds. The minimum absolute atomic E-state index is 0.0736. The molecule has 0 spiro atoms. The summed E-state index contributed by atoms with van der Waals surface area (Å²) < 4.78 is 2.53. The molecule has 0 N–H and O–H groups in total. The Balaban J connectivity index is 0.972. The van der Waals surface area contributed by atoms with E-state index >= 15 is 0 Å². The van der Waals surface area contributed by atoms with Crippen molar-refractivity contribution >= 4 is 63.8 Å². The molecule has 64 heavy (non-hydrogen) atoms. The summed E-state index contributed by atoms with van der Waals surface area (Å²) in [5, 5.41) is 9.92. The first-order valence-corrected chi connectivity index (χ1v) is 22.9. The third-order valence-electron chi connectivity index (χ3n) is 13.7. The molecule has 0 saturated heterocycles. The molecular weight excluding hydrogens is 793 g/mol. The molecule has 2 heterocycles.